The molecule has 13 heavy (non-hydrogen) atoms. The van der Waals surface area contributed by atoms with Crippen molar-refractivity contribution in [1.82, 2.24) is 0 Å². The van der Waals surface area contributed by atoms with E-state index in [1.54, 1.807) is 0 Å². The van der Waals surface area contributed by atoms with E-state index >= 15 is 0 Å². The summed E-state index contributed by atoms with van der Waals surface area (Å²) in [6.07, 6.45) is 8.92. The zero-order valence-corrected chi connectivity index (χ0v) is 8.43. The number of ether oxygens (including phenoxy) is 1. The molecule has 0 amide bonds. The van der Waals surface area contributed by atoms with Crippen LogP contribution in [0, 0.1) is 5.92 Å². The van der Waals surface area contributed by atoms with E-state index in [9.17, 15) is 0 Å². The number of hydrogen-bond acceptors (Lipinski definition) is 2. The first-order valence-electron chi connectivity index (χ1n) is 5.68. The van der Waals surface area contributed by atoms with Gasteiger partial charge in [-0.2, -0.15) is 0 Å². The summed E-state index contributed by atoms with van der Waals surface area (Å²) in [5.41, 5.74) is 6.60. The molecule has 2 heteroatoms. The molecule has 76 valence electrons. The quantitative estimate of drug-likeness (QED) is 0.675. The summed E-state index contributed by atoms with van der Waals surface area (Å²) in [7, 11) is 0. The van der Waals surface area contributed by atoms with Crippen molar-refractivity contribution in [3.05, 3.63) is 0 Å². The lowest BCUT2D eigenvalue weighted by Gasteiger charge is -2.34. The molecular formula is C11H21NO. The van der Waals surface area contributed by atoms with Crippen LogP contribution in [0.3, 0.4) is 0 Å². The summed E-state index contributed by atoms with van der Waals surface area (Å²) in [4.78, 5) is 0. The lowest BCUT2D eigenvalue weighted by molar-refractivity contribution is 0.133. The van der Waals surface area contributed by atoms with Crippen LogP contribution in [0.4, 0.5) is 0 Å². The van der Waals surface area contributed by atoms with Crippen molar-refractivity contribution in [2.45, 2.75) is 50.5 Å². The molecule has 2 rings (SSSR count). The van der Waals surface area contributed by atoms with Gasteiger partial charge in [0.05, 0.1) is 0 Å². The number of rotatable bonds is 1. The Morgan fingerprint density at radius 3 is 2.54 bits per heavy atom. The Labute approximate surface area is 80.8 Å². The first kappa shape index (κ1) is 9.47. The molecule has 2 nitrogen and oxygen atoms in total. The van der Waals surface area contributed by atoms with Gasteiger partial charge in [-0.3, -0.25) is 0 Å². The topological polar surface area (TPSA) is 35.2 Å². The van der Waals surface area contributed by atoms with Gasteiger partial charge in [-0.1, -0.05) is 12.8 Å². The predicted molar refractivity (Wildman–Crippen MR) is 53.5 cm³/mol. The molecule has 1 saturated carbocycles. The summed E-state index contributed by atoms with van der Waals surface area (Å²) in [5, 5.41) is 0. The molecule has 0 spiro atoms. The molecule has 1 heterocycles. The zero-order valence-electron chi connectivity index (χ0n) is 8.43. The molecule has 1 saturated heterocycles. The second-order valence-corrected chi connectivity index (χ2v) is 4.68. The van der Waals surface area contributed by atoms with Crippen molar-refractivity contribution < 1.29 is 4.74 Å². The predicted octanol–water partition coefficient (Wildman–Crippen LogP) is 2.07. The molecular weight excluding hydrogens is 162 g/mol. The highest BCUT2D eigenvalue weighted by atomic mass is 16.5. The molecule has 1 unspecified atom stereocenters. The van der Waals surface area contributed by atoms with Crippen molar-refractivity contribution in [3.8, 4) is 0 Å². The minimum Gasteiger partial charge on any atom is -0.381 e. The van der Waals surface area contributed by atoms with Crippen LogP contribution in [-0.2, 0) is 4.74 Å². The van der Waals surface area contributed by atoms with E-state index in [1.165, 1.54) is 32.1 Å². The average Bonchev–Trinajstić information content (AvgIpc) is 2.57. The van der Waals surface area contributed by atoms with Crippen molar-refractivity contribution in [2.24, 2.45) is 11.7 Å². The lowest BCUT2D eigenvalue weighted by Crippen LogP contribution is -2.46. The van der Waals surface area contributed by atoms with Gasteiger partial charge in [0.25, 0.3) is 0 Å². The van der Waals surface area contributed by atoms with Crippen LogP contribution in [0.1, 0.15) is 44.9 Å². The summed E-state index contributed by atoms with van der Waals surface area (Å²) in [6, 6.07) is 0. The normalized spacial score (nSPS) is 37.6. The third kappa shape index (κ3) is 2.05. The van der Waals surface area contributed by atoms with Crippen LogP contribution in [0.2, 0.25) is 0 Å². The smallest absolute Gasteiger partial charge is 0.0483 e. The van der Waals surface area contributed by atoms with Crippen LogP contribution in [0.15, 0.2) is 0 Å². The monoisotopic (exact) mass is 183 g/mol. The molecule has 1 atom stereocenters. The van der Waals surface area contributed by atoms with E-state index < -0.39 is 0 Å². The summed E-state index contributed by atoms with van der Waals surface area (Å²) < 4.78 is 5.47. The maximum atomic E-state index is 6.48. The molecule has 0 aromatic heterocycles. The van der Waals surface area contributed by atoms with Gasteiger partial charge in [-0.05, 0) is 38.0 Å². The van der Waals surface area contributed by atoms with Crippen molar-refractivity contribution in [2.75, 3.05) is 13.2 Å². The molecule has 0 bridgehead atoms. The number of hydrogen-bond donors (Lipinski definition) is 1. The largest absolute Gasteiger partial charge is 0.381 e. The maximum Gasteiger partial charge on any atom is 0.0483 e. The summed E-state index contributed by atoms with van der Waals surface area (Å²) >= 11 is 0. The highest BCUT2D eigenvalue weighted by Crippen LogP contribution is 2.37. The molecule has 2 N–H and O–H groups in total. The Hall–Kier alpha value is -0.0800. The highest BCUT2D eigenvalue weighted by Gasteiger charge is 2.36. The molecule has 2 aliphatic rings. The maximum absolute atomic E-state index is 6.48. The zero-order chi connectivity index (χ0) is 9.15. The van der Waals surface area contributed by atoms with E-state index in [1.807, 2.05) is 0 Å². The Morgan fingerprint density at radius 1 is 1.00 bits per heavy atom. The van der Waals surface area contributed by atoms with Gasteiger partial charge in [-0.25, -0.2) is 0 Å². The van der Waals surface area contributed by atoms with Gasteiger partial charge < -0.3 is 10.5 Å². The first-order valence-corrected chi connectivity index (χ1v) is 5.68. The van der Waals surface area contributed by atoms with Gasteiger partial charge in [-0.15, -0.1) is 0 Å². The highest BCUT2D eigenvalue weighted by molar-refractivity contribution is 4.94. The van der Waals surface area contributed by atoms with E-state index in [0.717, 1.165) is 32.0 Å². The minimum atomic E-state index is 0.118. The minimum absolute atomic E-state index is 0.118. The molecule has 0 aromatic carbocycles. The van der Waals surface area contributed by atoms with Gasteiger partial charge in [0.15, 0.2) is 0 Å². The van der Waals surface area contributed by atoms with Gasteiger partial charge >= 0.3 is 0 Å². The second kappa shape index (κ2) is 3.97. The van der Waals surface area contributed by atoms with Crippen LogP contribution in [0.25, 0.3) is 0 Å². The van der Waals surface area contributed by atoms with E-state index in [2.05, 4.69) is 0 Å². The Morgan fingerprint density at radius 2 is 1.77 bits per heavy atom. The van der Waals surface area contributed by atoms with E-state index in [0.29, 0.717) is 0 Å². The van der Waals surface area contributed by atoms with E-state index in [4.69, 9.17) is 10.5 Å². The third-order valence-electron chi connectivity index (χ3n) is 3.81. The van der Waals surface area contributed by atoms with Crippen LogP contribution in [0.5, 0.6) is 0 Å². The SMILES string of the molecule is NC1(C2CCCC2)CCCOCC1. The van der Waals surface area contributed by atoms with E-state index in [-0.39, 0.29) is 5.54 Å². The average molecular weight is 183 g/mol. The second-order valence-electron chi connectivity index (χ2n) is 4.68. The third-order valence-corrected chi connectivity index (χ3v) is 3.81. The van der Waals surface area contributed by atoms with Crippen LogP contribution in [-0.4, -0.2) is 18.8 Å². The molecule has 0 radical (unpaired) electrons. The van der Waals surface area contributed by atoms with Gasteiger partial charge in [0.1, 0.15) is 0 Å². The van der Waals surface area contributed by atoms with Gasteiger partial charge in [0.2, 0.25) is 0 Å². The standard InChI is InChI=1S/C11H21NO/c12-11(10-4-1-2-5-10)6-3-8-13-9-7-11/h10H,1-9,12H2. The van der Waals surface area contributed by atoms with Gasteiger partial charge in [0, 0.05) is 18.8 Å². The Balaban J connectivity index is 1.98. The Bertz CT molecular complexity index is 155. The van der Waals surface area contributed by atoms with Crippen LogP contribution >= 0.6 is 0 Å². The summed E-state index contributed by atoms with van der Waals surface area (Å²) in [6.45, 7) is 1.80. The fourth-order valence-electron chi connectivity index (χ4n) is 2.90. The Kier molecular flexibility index (Phi) is 2.89. The molecule has 1 aliphatic heterocycles. The fraction of sp³-hybridized carbons (Fsp3) is 1.00. The number of nitrogens with two attached hydrogens (primary N) is 1. The van der Waals surface area contributed by atoms with Crippen molar-refractivity contribution >= 4 is 0 Å². The van der Waals surface area contributed by atoms with Crippen molar-refractivity contribution in [1.29, 1.82) is 0 Å². The molecule has 0 aromatic rings. The molecule has 2 fully saturated rings. The first-order chi connectivity index (χ1) is 6.31. The lowest BCUT2D eigenvalue weighted by atomic mass is 9.78. The fourth-order valence-corrected chi connectivity index (χ4v) is 2.90. The summed E-state index contributed by atoms with van der Waals surface area (Å²) in [5.74, 6) is 0.786. The molecule has 1 aliphatic carbocycles. The van der Waals surface area contributed by atoms with Crippen LogP contribution < -0.4 is 5.73 Å². The van der Waals surface area contributed by atoms with Crippen molar-refractivity contribution in [3.63, 3.8) is 0 Å².